The molecule has 1 aromatic rings. The molecule has 3 saturated heterocycles. The number of rotatable bonds is 19. The number of nitrogens with two attached hydrogens (primary N) is 3. The minimum absolute atomic E-state index is 0.0461. The van der Waals surface area contributed by atoms with Crippen molar-refractivity contribution in [2.24, 2.45) is 28.1 Å². The number of aromatic hydroxyl groups is 1. The van der Waals surface area contributed by atoms with E-state index < -0.39 is 78.2 Å². The van der Waals surface area contributed by atoms with E-state index in [1.165, 1.54) is 21.9 Å². The van der Waals surface area contributed by atoms with Gasteiger partial charge in [-0.1, -0.05) is 32.4 Å². The molecule has 0 bridgehead atoms. The van der Waals surface area contributed by atoms with Gasteiger partial charge in [-0.2, -0.15) is 0 Å². The van der Waals surface area contributed by atoms with Crippen molar-refractivity contribution < 1.29 is 38.7 Å². The Bertz CT molecular complexity index is 1630. The van der Waals surface area contributed by atoms with Crippen LogP contribution in [0.25, 0.3) is 0 Å². The molecule has 1 aromatic carbocycles. The second kappa shape index (κ2) is 21.2. The number of phenols is 1. The van der Waals surface area contributed by atoms with Gasteiger partial charge in [-0.05, 0) is 81.5 Å². The zero-order valence-electron chi connectivity index (χ0n) is 32.8. The number of benzene rings is 1. The molecule has 0 spiro atoms. The maximum Gasteiger partial charge on any atom is 0.245 e. The van der Waals surface area contributed by atoms with Crippen LogP contribution in [-0.2, 0) is 40.0 Å². The van der Waals surface area contributed by atoms with E-state index in [0.29, 0.717) is 63.6 Å². The van der Waals surface area contributed by atoms with Crippen LogP contribution in [0.2, 0.25) is 0 Å². The monoisotopic (exact) mass is 797 g/mol. The number of likely N-dealkylation sites (tertiary alicyclic amines) is 2. The van der Waals surface area contributed by atoms with Gasteiger partial charge in [0.25, 0.3) is 0 Å². The van der Waals surface area contributed by atoms with Crippen LogP contribution in [0.15, 0.2) is 29.3 Å². The Morgan fingerprint density at radius 2 is 1.53 bits per heavy atom. The molecule has 314 valence electrons. The average molecular weight is 798 g/mol. The largest absolute Gasteiger partial charge is 0.508 e. The molecule has 4 rings (SSSR count). The number of primary amides is 1. The van der Waals surface area contributed by atoms with E-state index in [0.717, 1.165) is 6.42 Å². The molecule has 3 fully saturated rings. The fraction of sp³-hybridized carbons (Fsp3) is 0.632. The minimum atomic E-state index is -1.08. The van der Waals surface area contributed by atoms with Crippen molar-refractivity contribution in [3.63, 3.8) is 0 Å². The van der Waals surface area contributed by atoms with E-state index in [2.05, 4.69) is 31.6 Å². The Balaban J connectivity index is 1.35. The smallest absolute Gasteiger partial charge is 0.245 e. The number of hydrogen-bond donors (Lipinski definition) is 9. The number of carbonyl (C=O) groups is 7. The zero-order chi connectivity index (χ0) is 41.6. The molecule has 0 aromatic heterocycles. The van der Waals surface area contributed by atoms with Gasteiger partial charge in [0.15, 0.2) is 5.96 Å². The molecule has 3 aliphatic rings. The number of carbonyl (C=O) groups excluding carboxylic acids is 7. The summed E-state index contributed by atoms with van der Waals surface area (Å²) in [6.45, 7) is 4.73. The fourth-order valence-electron chi connectivity index (χ4n) is 7.47. The minimum Gasteiger partial charge on any atom is -0.508 e. The van der Waals surface area contributed by atoms with E-state index in [1.54, 1.807) is 19.1 Å². The summed E-state index contributed by atoms with van der Waals surface area (Å²) in [6, 6.07) is 0.921. The molecule has 0 unspecified atom stereocenters. The molecule has 3 heterocycles. The Morgan fingerprint density at radius 3 is 2.14 bits per heavy atom. The Labute approximate surface area is 332 Å². The summed E-state index contributed by atoms with van der Waals surface area (Å²) < 4.78 is 0. The van der Waals surface area contributed by atoms with Gasteiger partial charge in [0.1, 0.15) is 36.0 Å². The highest BCUT2D eigenvalue weighted by molar-refractivity contribution is 5.97. The molecule has 7 atom stereocenters. The number of aliphatic imine (C=N–C) groups is 1. The first kappa shape index (κ1) is 44.3. The Hall–Kier alpha value is -5.46. The topological polar surface area (TPSA) is 297 Å². The fourth-order valence-corrected chi connectivity index (χ4v) is 7.47. The first-order valence-corrected chi connectivity index (χ1v) is 19.8. The predicted octanol–water partition coefficient (Wildman–Crippen LogP) is -2.18. The van der Waals surface area contributed by atoms with Crippen LogP contribution >= 0.6 is 0 Å². The van der Waals surface area contributed by atoms with Crippen LogP contribution in [0.3, 0.4) is 0 Å². The van der Waals surface area contributed by atoms with Crippen molar-refractivity contribution >= 4 is 47.3 Å². The molecule has 19 nitrogen and oxygen atoms in total. The van der Waals surface area contributed by atoms with E-state index in [9.17, 15) is 38.7 Å². The van der Waals surface area contributed by atoms with Crippen LogP contribution in [-0.4, -0.2) is 131 Å². The number of nitrogens with zero attached hydrogens (tertiary/aromatic N) is 3. The summed E-state index contributed by atoms with van der Waals surface area (Å²) in [5.41, 5.74) is 17.1. The number of hydrogen-bond acceptors (Lipinski definition) is 10. The summed E-state index contributed by atoms with van der Waals surface area (Å²) in [5.74, 6) is -4.03. The molecule has 0 aliphatic carbocycles. The first-order chi connectivity index (χ1) is 27.2. The van der Waals surface area contributed by atoms with Gasteiger partial charge >= 0.3 is 0 Å². The van der Waals surface area contributed by atoms with Crippen molar-refractivity contribution in [2.75, 3.05) is 32.7 Å². The van der Waals surface area contributed by atoms with Gasteiger partial charge in [0, 0.05) is 26.1 Å². The summed E-state index contributed by atoms with van der Waals surface area (Å²) in [7, 11) is 0. The van der Waals surface area contributed by atoms with Gasteiger partial charge in [-0.15, -0.1) is 0 Å². The van der Waals surface area contributed by atoms with Crippen molar-refractivity contribution in [2.45, 2.75) is 114 Å². The second-order valence-corrected chi connectivity index (χ2v) is 15.0. The molecule has 12 N–H and O–H groups in total. The van der Waals surface area contributed by atoms with Gasteiger partial charge in [0.05, 0.1) is 12.6 Å². The van der Waals surface area contributed by atoms with Crippen molar-refractivity contribution in [3.05, 3.63) is 29.8 Å². The van der Waals surface area contributed by atoms with Gasteiger partial charge in [-0.3, -0.25) is 38.6 Å². The van der Waals surface area contributed by atoms with Crippen molar-refractivity contribution in [3.8, 4) is 5.75 Å². The van der Waals surface area contributed by atoms with Crippen molar-refractivity contribution in [1.29, 1.82) is 0 Å². The lowest BCUT2D eigenvalue weighted by Gasteiger charge is -2.30. The highest BCUT2D eigenvalue weighted by atomic mass is 16.3. The van der Waals surface area contributed by atoms with Crippen LogP contribution in [0.1, 0.15) is 77.2 Å². The maximum absolute atomic E-state index is 13.8. The van der Waals surface area contributed by atoms with E-state index in [4.69, 9.17) is 17.2 Å². The number of amides is 7. The summed E-state index contributed by atoms with van der Waals surface area (Å²) in [6.07, 6.45) is 4.51. The third-order valence-electron chi connectivity index (χ3n) is 10.9. The van der Waals surface area contributed by atoms with Crippen LogP contribution in [0.5, 0.6) is 5.75 Å². The Kier molecular flexibility index (Phi) is 16.4. The lowest BCUT2D eigenvalue weighted by molar-refractivity contribution is -0.143. The average Bonchev–Trinajstić information content (AvgIpc) is 4.00. The third kappa shape index (κ3) is 12.5. The van der Waals surface area contributed by atoms with Gasteiger partial charge < -0.3 is 58.7 Å². The highest BCUT2D eigenvalue weighted by Gasteiger charge is 2.40. The normalized spacial score (nSPS) is 21.1. The standard InChI is InChI=1S/C38H59N11O8/c1-3-22(2)31(36(56)46-27(32(39)52)20-23-12-14-24(50)15-13-23)47-35(55)29-11-6-18-48(29)30(51)21-44-34(54)28-10-7-19-49(28)37(57)26(9-5-17-43-38(40)41)45-33(53)25-8-4-16-42-25/h12-15,22,25-29,31,42,50H,3-11,16-21H2,1-2H3,(H2,39,52)(H,44,54)(H,45,53)(H,46,56)(H,47,55)(H4,40,41,43)/t22-,25-,26-,27-,28-,29-,31-/m0/s1. The molecule has 19 heteroatoms. The van der Waals surface area contributed by atoms with Crippen LogP contribution < -0.4 is 43.8 Å². The molecule has 57 heavy (non-hydrogen) atoms. The summed E-state index contributed by atoms with van der Waals surface area (Å²) in [4.78, 5) is 100. The third-order valence-corrected chi connectivity index (χ3v) is 10.9. The molecule has 7 amide bonds. The van der Waals surface area contributed by atoms with Gasteiger partial charge in [-0.25, -0.2) is 0 Å². The quantitative estimate of drug-likeness (QED) is 0.0412. The SMILES string of the molecule is CC[C@H](C)[C@H](NC(=O)[C@@H]1CCCN1C(=O)CNC(=O)[C@@H]1CCCN1C(=O)[C@H](CCCN=C(N)N)NC(=O)[C@@H]1CCCN1)C(=O)N[C@@H](Cc1ccc(O)cc1)C(N)=O. The highest BCUT2D eigenvalue weighted by Crippen LogP contribution is 2.22. The predicted molar refractivity (Wildman–Crippen MR) is 210 cm³/mol. The van der Waals surface area contributed by atoms with E-state index in [1.807, 2.05) is 6.92 Å². The van der Waals surface area contributed by atoms with E-state index in [-0.39, 0.29) is 49.5 Å². The number of nitrogens with one attached hydrogen (secondary N) is 5. The lowest BCUT2D eigenvalue weighted by atomic mass is 9.96. The van der Waals surface area contributed by atoms with Crippen molar-refractivity contribution in [1.82, 2.24) is 36.4 Å². The number of guanidine groups is 1. The molecule has 0 saturated carbocycles. The zero-order valence-corrected chi connectivity index (χ0v) is 32.8. The first-order valence-electron chi connectivity index (χ1n) is 19.8. The van der Waals surface area contributed by atoms with E-state index >= 15 is 0 Å². The molecular weight excluding hydrogens is 738 g/mol. The summed E-state index contributed by atoms with van der Waals surface area (Å²) in [5, 5.41) is 23.7. The molecule has 0 radical (unpaired) electrons. The van der Waals surface area contributed by atoms with Gasteiger partial charge in [0.2, 0.25) is 41.4 Å². The molecule has 3 aliphatic heterocycles. The summed E-state index contributed by atoms with van der Waals surface area (Å²) >= 11 is 0. The maximum atomic E-state index is 13.8. The van der Waals surface area contributed by atoms with Crippen LogP contribution in [0, 0.1) is 5.92 Å². The Morgan fingerprint density at radius 1 is 0.860 bits per heavy atom. The number of phenolic OH excluding ortho intramolecular Hbond substituents is 1. The lowest BCUT2D eigenvalue weighted by Crippen LogP contribution is -2.58. The molecular formula is C38H59N11O8. The second-order valence-electron chi connectivity index (χ2n) is 15.0. The van der Waals surface area contributed by atoms with Crippen LogP contribution in [0.4, 0.5) is 0 Å².